The maximum absolute atomic E-state index is 12.4. The number of aliphatic hydroxyl groups is 1. The monoisotopic (exact) mass is 601 g/mol. The van der Waals surface area contributed by atoms with Crippen molar-refractivity contribution in [3.8, 4) is 22.5 Å². The van der Waals surface area contributed by atoms with Crippen molar-refractivity contribution < 1.29 is 18.0 Å². The molecule has 0 bridgehead atoms. The number of anilines is 1. The van der Waals surface area contributed by atoms with Gasteiger partial charge in [0.05, 0.1) is 46.1 Å². The molecule has 1 saturated heterocycles. The third kappa shape index (κ3) is 5.90. The van der Waals surface area contributed by atoms with Crippen molar-refractivity contribution in [1.29, 1.82) is 0 Å². The lowest BCUT2D eigenvalue weighted by molar-refractivity contribution is 0.0577. The fourth-order valence-corrected chi connectivity index (χ4v) is 6.36. The minimum atomic E-state index is -3.38. The van der Waals surface area contributed by atoms with Crippen molar-refractivity contribution in [3.05, 3.63) is 71.9 Å². The minimum absolute atomic E-state index is 0.179. The summed E-state index contributed by atoms with van der Waals surface area (Å²) in [4.78, 5) is 12.6. The van der Waals surface area contributed by atoms with E-state index in [1.165, 1.54) is 6.26 Å². The molecule has 11 nitrogen and oxygen atoms in total. The first-order valence-corrected chi connectivity index (χ1v) is 16.0. The highest BCUT2D eigenvalue weighted by Crippen LogP contribution is 2.37. The van der Waals surface area contributed by atoms with Gasteiger partial charge in [-0.25, -0.2) is 18.4 Å². The van der Waals surface area contributed by atoms with Gasteiger partial charge in [0, 0.05) is 43.0 Å². The normalized spacial score (nSPS) is 16.2. The Morgan fingerprint density at radius 2 is 1.93 bits per heavy atom. The fraction of sp³-hybridized carbons (Fsp3) is 0.355. The molecule has 12 heteroatoms. The van der Waals surface area contributed by atoms with Crippen molar-refractivity contribution in [2.24, 2.45) is 0 Å². The summed E-state index contributed by atoms with van der Waals surface area (Å²) in [5.74, 6) is 1.98. The van der Waals surface area contributed by atoms with Crippen LogP contribution >= 0.6 is 0 Å². The molecule has 0 amide bonds. The number of hydrogen-bond acceptors (Lipinski definition) is 10. The molecule has 4 heterocycles. The van der Waals surface area contributed by atoms with Gasteiger partial charge in [-0.1, -0.05) is 23.4 Å². The van der Waals surface area contributed by atoms with Crippen molar-refractivity contribution in [1.82, 2.24) is 30.2 Å². The van der Waals surface area contributed by atoms with Crippen LogP contribution in [0.25, 0.3) is 33.4 Å². The van der Waals surface area contributed by atoms with Crippen LogP contribution in [0.4, 0.5) is 5.82 Å². The Kier molecular flexibility index (Phi) is 7.31. The van der Waals surface area contributed by atoms with E-state index in [0.29, 0.717) is 25.5 Å². The fourth-order valence-electron chi connectivity index (χ4n) is 5.68. The second-order valence-corrected chi connectivity index (χ2v) is 13.8. The Balaban J connectivity index is 1.53. The molecule has 6 rings (SSSR count). The van der Waals surface area contributed by atoms with Crippen LogP contribution in [0.5, 0.6) is 0 Å². The lowest BCUT2D eigenvalue weighted by Gasteiger charge is -2.38. The molecule has 0 spiro atoms. The molecule has 1 fully saturated rings. The average molecular weight is 602 g/mol. The zero-order chi connectivity index (χ0) is 30.5. The first-order chi connectivity index (χ1) is 20.4. The zero-order valence-electron chi connectivity index (χ0n) is 24.9. The molecule has 0 saturated carbocycles. The molecular formula is C31H35N7O4S. The number of sulfone groups is 1. The Labute approximate surface area is 250 Å². The maximum Gasteiger partial charge on any atom is 0.175 e. The molecule has 1 unspecified atom stereocenters. The second-order valence-electron chi connectivity index (χ2n) is 11.8. The first-order valence-electron chi connectivity index (χ1n) is 14.1. The number of aromatic nitrogens is 5. The molecule has 2 aromatic carbocycles. The molecule has 1 atom stereocenters. The number of benzene rings is 2. The number of hydrogen-bond donors (Lipinski definition) is 2. The Bertz CT molecular complexity index is 1900. The van der Waals surface area contributed by atoms with E-state index in [0.717, 1.165) is 57.0 Å². The van der Waals surface area contributed by atoms with Crippen LogP contribution in [0, 0.1) is 13.8 Å². The van der Waals surface area contributed by atoms with Crippen molar-refractivity contribution >= 4 is 26.6 Å². The number of rotatable bonds is 7. The van der Waals surface area contributed by atoms with Gasteiger partial charge in [0.1, 0.15) is 11.6 Å². The van der Waals surface area contributed by atoms with Gasteiger partial charge in [-0.3, -0.25) is 4.68 Å². The maximum atomic E-state index is 12.4. The van der Waals surface area contributed by atoms with Gasteiger partial charge in [-0.2, -0.15) is 5.10 Å². The molecular weight excluding hydrogens is 566 g/mol. The summed E-state index contributed by atoms with van der Waals surface area (Å²) in [6.07, 6.45) is 4.77. The van der Waals surface area contributed by atoms with Gasteiger partial charge in [0.25, 0.3) is 0 Å². The van der Waals surface area contributed by atoms with E-state index in [-0.39, 0.29) is 10.9 Å². The summed E-state index contributed by atoms with van der Waals surface area (Å²) >= 11 is 0. The summed E-state index contributed by atoms with van der Waals surface area (Å²) in [5, 5.41) is 23.2. The molecule has 0 aliphatic carbocycles. The predicted molar refractivity (Wildman–Crippen MR) is 165 cm³/mol. The van der Waals surface area contributed by atoms with Crippen LogP contribution in [0.3, 0.4) is 0 Å². The lowest BCUT2D eigenvalue weighted by Crippen LogP contribution is -2.46. The molecule has 0 radical (unpaired) electrons. The van der Waals surface area contributed by atoms with Crippen LogP contribution in [-0.4, -0.2) is 69.9 Å². The van der Waals surface area contributed by atoms with E-state index in [9.17, 15) is 13.5 Å². The van der Waals surface area contributed by atoms with E-state index >= 15 is 0 Å². The molecule has 43 heavy (non-hydrogen) atoms. The van der Waals surface area contributed by atoms with Crippen molar-refractivity contribution in [3.63, 3.8) is 0 Å². The summed E-state index contributed by atoms with van der Waals surface area (Å²) in [5.41, 5.74) is 4.12. The largest absolute Gasteiger partial charge is 0.389 e. The number of nitrogens with one attached hydrogen (secondary N) is 1. The predicted octanol–water partition coefficient (Wildman–Crippen LogP) is 4.09. The number of nitrogens with zero attached hydrogens (tertiary/aromatic N) is 6. The molecule has 1 aliphatic heterocycles. The summed E-state index contributed by atoms with van der Waals surface area (Å²) in [6.45, 7) is 9.60. The van der Waals surface area contributed by atoms with Gasteiger partial charge >= 0.3 is 0 Å². The Morgan fingerprint density at radius 3 is 2.65 bits per heavy atom. The minimum Gasteiger partial charge on any atom is -0.389 e. The highest BCUT2D eigenvalue weighted by molar-refractivity contribution is 7.90. The van der Waals surface area contributed by atoms with Crippen LogP contribution in [0.15, 0.2) is 64.3 Å². The second kappa shape index (κ2) is 10.9. The third-order valence-electron chi connectivity index (χ3n) is 7.62. The zero-order valence-corrected chi connectivity index (χ0v) is 25.7. The van der Waals surface area contributed by atoms with Crippen LogP contribution in [0.2, 0.25) is 0 Å². The van der Waals surface area contributed by atoms with Crippen LogP contribution < -0.4 is 10.2 Å². The van der Waals surface area contributed by atoms with E-state index in [2.05, 4.69) is 26.5 Å². The van der Waals surface area contributed by atoms with Gasteiger partial charge in [-0.05, 0) is 63.1 Å². The van der Waals surface area contributed by atoms with E-state index in [4.69, 9.17) is 14.5 Å². The lowest BCUT2D eigenvalue weighted by atomic mass is 10.00. The summed E-state index contributed by atoms with van der Waals surface area (Å²) in [7, 11) is -3.38. The molecule has 3 aromatic heterocycles. The van der Waals surface area contributed by atoms with Crippen molar-refractivity contribution in [2.45, 2.75) is 50.8 Å². The summed E-state index contributed by atoms with van der Waals surface area (Å²) < 4.78 is 32.0. The molecule has 2 N–H and O–H groups in total. The highest BCUT2D eigenvalue weighted by atomic mass is 32.2. The SMILES string of the molecule is Cc1noc(C)c1-c1ccc2nc(-c3cnn(CC(C)(C)O)c3)nc(N3CCNCC3c3cccc(S(C)(=O)=O)c3)c2c1. The highest BCUT2D eigenvalue weighted by Gasteiger charge is 2.29. The van der Waals surface area contributed by atoms with Gasteiger partial charge < -0.3 is 19.8 Å². The standard InChI is InChI=1S/C31H35N7O4S/c1-19-28(20(2)42-36-19)22-9-10-26-25(14-22)30(35-29(34-26)23-15-33-37(17-23)18-31(3,4)39)38-12-11-32-16-27(38)21-7-6-8-24(13-21)43(5,40)41/h6-10,13-15,17,27,32,39H,11-12,16,18H2,1-5H3. The first kappa shape index (κ1) is 29.0. The number of piperazine rings is 1. The Hall–Kier alpha value is -4.13. The quantitative estimate of drug-likeness (QED) is 0.280. The van der Waals surface area contributed by atoms with E-state index < -0.39 is 15.4 Å². The third-order valence-corrected chi connectivity index (χ3v) is 8.73. The number of aryl methyl sites for hydroxylation is 2. The Morgan fingerprint density at radius 1 is 1.12 bits per heavy atom. The molecule has 1 aliphatic rings. The van der Waals surface area contributed by atoms with E-state index in [1.807, 2.05) is 38.2 Å². The van der Waals surface area contributed by atoms with E-state index in [1.54, 1.807) is 42.9 Å². The smallest absolute Gasteiger partial charge is 0.175 e. The number of fused-ring (bicyclic) bond motifs is 1. The van der Waals surface area contributed by atoms with Crippen LogP contribution in [0.1, 0.15) is 36.9 Å². The van der Waals surface area contributed by atoms with Crippen LogP contribution in [-0.2, 0) is 16.4 Å². The van der Waals surface area contributed by atoms with Gasteiger partial charge in [-0.15, -0.1) is 0 Å². The van der Waals surface area contributed by atoms with Gasteiger partial charge in [0.2, 0.25) is 0 Å². The topological polar surface area (TPSA) is 139 Å². The van der Waals surface area contributed by atoms with Gasteiger partial charge in [0.15, 0.2) is 15.7 Å². The molecule has 5 aromatic rings. The summed E-state index contributed by atoms with van der Waals surface area (Å²) in [6, 6.07) is 13.0. The average Bonchev–Trinajstić information content (AvgIpc) is 3.56. The molecule has 224 valence electrons. The van der Waals surface area contributed by atoms with Crippen molar-refractivity contribution in [2.75, 3.05) is 30.8 Å².